The van der Waals surface area contributed by atoms with Gasteiger partial charge in [-0.3, -0.25) is 9.48 Å². The zero-order valence-corrected chi connectivity index (χ0v) is 13.8. The highest BCUT2D eigenvalue weighted by molar-refractivity contribution is 6.34. The number of amides is 1. The van der Waals surface area contributed by atoms with E-state index in [1.807, 2.05) is 30.3 Å². The lowest BCUT2D eigenvalue weighted by molar-refractivity contribution is 0.102. The molecule has 0 bridgehead atoms. The molecule has 0 saturated carbocycles. The van der Waals surface area contributed by atoms with Crippen molar-refractivity contribution < 1.29 is 9.53 Å². The number of benzene rings is 2. The first-order valence-electron chi connectivity index (χ1n) is 7.37. The van der Waals surface area contributed by atoms with Crippen LogP contribution in [0.25, 0.3) is 0 Å². The van der Waals surface area contributed by atoms with Crippen LogP contribution in [-0.2, 0) is 6.54 Å². The van der Waals surface area contributed by atoms with Crippen LogP contribution in [0.15, 0.2) is 60.9 Å². The van der Waals surface area contributed by atoms with Crippen LogP contribution in [0, 0.1) is 0 Å². The Morgan fingerprint density at radius 1 is 1.25 bits per heavy atom. The largest absolute Gasteiger partial charge is 0.497 e. The molecule has 1 aromatic heterocycles. The van der Waals surface area contributed by atoms with Crippen molar-refractivity contribution in [2.75, 3.05) is 12.4 Å². The minimum Gasteiger partial charge on any atom is -0.497 e. The normalized spacial score (nSPS) is 10.4. The van der Waals surface area contributed by atoms with Crippen molar-refractivity contribution in [1.29, 1.82) is 0 Å². The molecule has 6 heteroatoms. The van der Waals surface area contributed by atoms with Crippen LogP contribution in [0.2, 0.25) is 5.02 Å². The van der Waals surface area contributed by atoms with Crippen molar-refractivity contribution in [3.8, 4) is 5.75 Å². The van der Waals surface area contributed by atoms with Crippen molar-refractivity contribution in [3.63, 3.8) is 0 Å². The van der Waals surface area contributed by atoms with Crippen LogP contribution in [-0.4, -0.2) is 22.8 Å². The molecule has 0 unspecified atom stereocenters. The van der Waals surface area contributed by atoms with Crippen LogP contribution in [0.4, 0.5) is 5.69 Å². The molecule has 122 valence electrons. The van der Waals surface area contributed by atoms with E-state index in [4.69, 9.17) is 16.3 Å². The number of nitrogens with one attached hydrogen (secondary N) is 1. The van der Waals surface area contributed by atoms with Crippen LogP contribution in [0.3, 0.4) is 0 Å². The monoisotopic (exact) mass is 341 g/mol. The number of hydrogen-bond acceptors (Lipinski definition) is 3. The van der Waals surface area contributed by atoms with E-state index in [0.29, 0.717) is 28.6 Å². The third kappa shape index (κ3) is 3.75. The molecular weight excluding hydrogens is 326 g/mol. The van der Waals surface area contributed by atoms with E-state index in [1.165, 1.54) is 6.20 Å². The molecule has 1 heterocycles. The van der Waals surface area contributed by atoms with Crippen molar-refractivity contribution in [1.82, 2.24) is 9.78 Å². The Morgan fingerprint density at radius 3 is 2.75 bits per heavy atom. The van der Waals surface area contributed by atoms with Crippen LogP contribution in [0.1, 0.15) is 15.9 Å². The van der Waals surface area contributed by atoms with Crippen molar-refractivity contribution in [2.24, 2.45) is 0 Å². The van der Waals surface area contributed by atoms with Gasteiger partial charge in [-0.15, -0.1) is 0 Å². The number of halogens is 1. The van der Waals surface area contributed by atoms with Crippen molar-refractivity contribution in [3.05, 3.63) is 77.1 Å². The lowest BCUT2D eigenvalue weighted by Gasteiger charge is -2.07. The standard InChI is InChI=1S/C18H16ClN3O2/c1-24-15-7-8-17(16(19)9-15)21-18(23)14-10-20-22(12-14)11-13-5-3-2-4-6-13/h2-10,12H,11H2,1H3,(H,21,23). The summed E-state index contributed by atoms with van der Waals surface area (Å²) < 4.78 is 6.81. The minimum absolute atomic E-state index is 0.263. The third-order valence-corrected chi connectivity index (χ3v) is 3.82. The summed E-state index contributed by atoms with van der Waals surface area (Å²) in [5, 5.41) is 7.42. The highest BCUT2D eigenvalue weighted by atomic mass is 35.5. The van der Waals surface area contributed by atoms with E-state index in [9.17, 15) is 4.79 Å². The maximum absolute atomic E-state index is 12.3. The summed E-state index contributed by atoms with van der Waals surface area (Å²) in [6, 6.07) is 15.0. The number of carbonyl (C=O) groups is 1. The second kappa shape index (κ2) is 7.19. The van der Waals surface area contributed by atoms with Crippen molar-refractivity contribution >= 4 is 23.2 Å². The molecule has 0 aliphatic heterocycles. The molecule has 1 amide bonds. The zero-order valence-electron chi connectivity index (χ0n) is 13.1. The fraction of sp³-hybridized carbons (Fsp3) is 0.111. The lowest BCUT2D eigenvalue weighted by Crippen LogP contribution is -2.11. The molecule has 2 aromatic carbocycles. The van der Waals surface area contributed by atoms with E-state index in [1.54, 1.807) is 36.2 Å². The van der Waals surface area contributed by atoms with Gasteiger partial charge in [-0.25, -0.2) is 0 Å². The third-order valence-electron chi connectivity index (χ3n) is 3.51. The quantitative estimate of drug-likeness (QED) is 0.767. The van der Waals surface area contributed by atoms with Gasteiger partial charge in [0.05, 0.1) is 36.1 Å². The Balaban J connectivity index is 1.70. The van der Waals surface area contributed by atoms with Crippen LogP contribution in [0.5, 0.6) is 5.75 Å². The fourth-order valence-corrected chi connectivity index (χ4v) is 2.47. The van der Waals surface area contributed by atoms with Gasteiger partial charge in [-0.2, -0.15) is 5.10 Å². The average Bonchev–Trinajstić information content (AvgIpc) is 3.06. The Labute approximate surface area is 144 Å². The summed E-state index contributed by atoms with van der Waals surface area (Å²) >= 11 is 6.14. The number of nitrogens with zero attached hydrogens (tertiary/aromatic N) is 2. The number of methoxy groups -OCH3 is 1. The summed E-state index contributed by atoms with van der Waals surface area (Å²) in [7, 11) is 1.56. The number of hydrogen-bond donors (Lipinski definition) is 1. The van der Waals surface area contributed by atoms with Gasteiger partial charge in [0, 0.05) is 12.3 Å². The van der Waals surface area contributed by atoms with Gasteiger partial charge in [0.2, 0.25) is 0 Å². The number of ether oxygens (including phenoxy) is 1. The maximum atomic E-state index is 12.3. The molecular formula is C18H16ClN3O2. The van der Waals surface area contributed by atoms with Crippen LogP contribution >= 0.6 is 11.6 Å². The van der Waals surface area contributed by atoms with Gasteiger partial charge in [0.25, 0.3) is 5.91 Å². The number of anilines is 1. The van der Waals surface area contributed by atoms with Gasteiger partial charge in [0.15, 0.2) is 0 Å². The SMILES string of the molecule is COc1ccc(NC(=O)c2cnn(Cc3ccccc3)c2)c(Cl)c1. The van der Waals surface area contributed by atoms with E-state index in [-0.39, 0.29) is 5.91 Å². The number of aromatic nitrogens is 2. The fourth-order valence-electron chi connectivity index (χ4n) is 2.26. The average molecular weight is 342 g/mol. The molecule has 3 aromatic rings. The molecule has 3 rings (SSSR count). The van der Waals surface area contributed by atoms with Gasteiger partial charge >= 0.3 is 0 Å². The lowest BCUT2D eigenvalue weighted by atomic mass is 10.2. The highest BCUT2D eigenvalue weighted by Gasteiger charge is 2.11. The highest BCUT2D eigenvalue weighted by Crippen LogP contribution is 2.27. The predicted molar refractivity (Wildman–Crippen MR) is 93.7 cm³/mol. The van der Waals surface area contributed by atoms with Crippen LogP contribution < -0.4 is 10.1 Å². The van der Waals surface area contributed by atoms with E-state index >= 15 is 0 Å². The van der Waals surface area contributed by atoms with E-state index in [0.717, 1.165) is 5.56 Å². The minimum atomic E-state index is -0.263. The Hall–Kier alpha value is -2.79. The summed E-state index contributed by atoms with van der Waals surface area (Å²) in [6.07, 6.45) is 3.25. The summed E-state index contributed by atoms with van der Waals surface area (Å²) in [4.78, 5) is 12.3. The Bertz CT molecular complexity index is 846. The number of carbonyl (C=O) groups excluding carboxylic acids is 1. The molecule has 0 aliphatic carbocycles. The first-order valence-corrected chi connectivity index (χ1v) is 7.75. The first kappa shape index (κ1) is 16.1. The zero-order chi connectivity index (χ0) is 16.9. The Kier molecular flexibility index (Phi) is 4.82. The summed E-state index contributed by atoms with van der Waals surface area (Å²) in [6.45, 7) is 0.609. The van der Waals surface area contributed by atoms with E-state index < -0.39 is 0 Å². The molecule has 24 heavy (non-hydrogen) atoms. The van der Waals surface area contributed by atoms with Crippen molar-refractivity contribution in [2.45, 2.75) is 6.54 Å². The van der Waals surface area contributed by atoms with E-state index in [2.05, 4.69) is 10.4 Å². The second-order valence-electron chi connectivity index (χ2n) is 5.21. The Morgan fingerprint density at radius 2 is 2.04 bits per heavy atom. The molecule has 0 saturated heterocycles. The topological polar surface area (TPSA) is 56.1 Å². The van der Waals surface area contributed by atoms with Gasteiger partial charge in [-0.05, 0) is 17.7 Å². The smallest absolute Gasteiger partial charge is 0.258 e. The molecule has 0 fully saturated rings. The van der Waals surface area contributed by atoms with Gasteiger partial charge in [0.1, 0.15) is 5.75 Å². The molecule has 0 radical (unpaired) electrons. The summed E-state index contributed by atoms with van der Waals surface area (Å²) in [5.41, 5.74) is 2.11. The predicted octanol–water partition coefficient (Wildman–Crippen LogP) is 3.85. The second-order valence-corrected chi connectivity index (χ2v) is 5.62. The van der Waals surface area contributed by atoms with Gasteiger partial charge in [-0.1, -0.05) is 41.9 Å². The molecule has 1 N–H and O–H groups in total. The maximum Gasteiger partial charge on any atom is 0.258 e. The van der Waals surface area contributed by atoms with Gasteiger partial charge < -0.3 is 10.1 Å². The molecule has 0 atom stereocenters. The molecule has 0 spiro atoms. The first-order chi connectivity index (χ1) is 11.7. The molecule has 0 aliphatic rings. The summed E-state index contributed by atoms with van der Waals surface area (Å²) in [5.74, 6) is 0.370. The molecule has 5 nitrogen and oxygen atoms in total. The number of rotatable bonds is 5.